The Labute approximate surface area is 175 Å². The van der Waals surface area contributed by atoms with Crippen LogP contribution in [0.4, 0.5) is 0 Å². The zero-order chi connectivity index (χ0) is 20.8. The second-order valence-electron chi connectivity index (χ2n) is 5.65. The number of aliphatic imine (C=N–C) groups is 1. The quantitative estimate of drug-likeness (QED) is 0.394. The number of rotatable bonds is 9. The van der Waals surface area contributed by atoms with E-state index >= 15 is 0 Å². The molecule has 16 heteroatoms. The summed E-state index contributed by atoms with van der Waals surface area (Å²) in [6, 6.07) is -1.39. The Hall–Kier alpha value is -2.59. The molecule has 0 saturated heterocycles. The fourth-order valence-corrected chi connectivity index (χ4v) is 5.40. The summed E-state index contributed by atoms with van der Waals surface area (Å²) in [7, 11) is 0. The van der Waals surface area contributed by atoms with Gasteiger partial charge in [-0.05, 0) is 10.4 Å². The lowest BCUT2D eigenvalue weighted by Crippen LogP contribution is -2.50. The Bertz CT molecular complexity index is 890. The maximum atomic E-state index is 12.1. The average Bonchev–Trinajstić information content (AvgIpc) is 3.38. The number of carbonyl (C=O) groups is 3. The molecule has 3 heterocycles. The molecule has 0 fully saturated rings. The van der Waals surface area contributed by atoms with E-state index in [1.54, 1.807) is 5.51 Å². The van der Waals surface area contributed by atoms with E-state index in [0.717, 1.165) is 4.68 Å². The minimum Gasteiger partial charge on any atom is -0.480 e. The fraction of sp³-hybridized carbons (Fsp3) is 0.462. The van der Waals surface area contributed by atoms with E-state index in [0.29, 0.717) is 15.8 Å². The molecule has 1 amide bonds. The number of hydrogen-bond donors (Lipinski definition) is 3. The third-order valence-electron chi connectivity index (χ3n) is 3.65. The van der Waals surface area contributed by atoms with Crippen molar-refractivity contribution in [1.29, 1.82) is 0 Å². The topological polar surface area (TPSA) is 185 Å². The van der Waals surface area contributed by atoms with Gasteiger partial charge in [-0.15, -0.1) is 27.1 Å². The van der Waals surface area contributed by atoms with Crippen molar-refractivity contribution < 1.29 is 24.6 Å². The number of hydrogen-bond acceptors (Lipinski definition) is 12. The van der Waals surface area contributed by atoms with E-state index in [-0.39, 0.29) is 12.3 Å². The van der Waals surface area contributed by atoms with Crippen LogP contribution in [0.25, 0.3) is 0 Å². The van der Waals surface area contributed by atoms with E-state index in [9.17, 15) is 24.6 Å². The minimum atomic E-state index is -1.39. The minimum absolute atomic E-state index is 0.119. The van der Waals surface area contributed by atoms with Crippen molar-refractivity contribution in [2.24, 2.45) is 10.9 Å². The summed E-state index contributed by atoms with van der Waals surface area (Å²) in [4.78, 5) is 39.6. The molecule has 1 aliphatic heterocycles. The molecular weight excluding hydrogens is 444 g/mol. The van der Waals surface area contributed by atoms with Crippen LogP contribution in [0.1, 0.15) is 0 Å². The van der Waals surface area contributed by atoms with Gasteiger partial charge in [0.05, 0.1) is 0 Å². The van der Waals surface area contributed by atoms with Crippen LogP contribution in [0.15, 0.2) is 21.2 Å². The summed E-state index contributed by atoms with van der Waals surface area (Å²) < 4.78 is 1.84. The number of nitrogens with zero attached hydrogens (tertiary/aromatic N) is 7. The van der Waals surface area contributed by atoms with E-state index < -0.39 is 35.2 Å². The van der Waals surface area contributed by atoms with E-state index in [2.05, 4.69) is 36.0 Å². The summed E-state index contributed by atoms with van der Waals surface area (Å²) in [5.41, 5.74) is 1.46. The number of nitrogens with one attached hydrogen (secondary N) is 1. The number of tetrazole rings is 1. The zero-order valence-electron chi connectivity index (χ0n) is 14.5. The Morgan fingerprint density at radius 1 is 1.34 bits per heavy atom. The summed E-state index contributed by atoms with van der Waals surface area (Å²) in [5, 5.41) is 38.3. The normalized spacial score (nSPS) is 19.9. The van der Waals surface area contributed by atoms with Crippen molar-refractivity contribution >= 4 is 58.4 Å². The van der Waals surface area contributed by atoms with Gasteiger partial charge in [0.1, 0.15) is 29.5 Å². The van der Waals surface area contributed by atoms with Gasteiger partial charge in [-0.1, -0.05) is 23.1 Å². The number of aromatic nitrogens is 6. The highest BCUT2D eigenvalue weighted by atomic mass is 32.2. The largest absolute Gasteiger partial charge is 0.480 e. The molecule has 0 radical (unpaired) electrons. The van der Waals surface area contributed by atoms with Crippen LogP contribution in [0.5, 0.6) is 0 Å². The Kier molecular flexibility index (Phi) is 7.10. The van der Waals surface area contributed by atoms with Crippen LogP contribution in [0.2, 0.25) is 0 Å². The lowest BCUT2D eigenvalue weighted by Gasteiger charge is -2.29. The lowest BCUT2D eigenvalue weighted by atomic mass is 10.1. The molecule has 0 saturated carbocycles. The Balaban J connectivity index is 1.68. The predicted molar refractivity (Wildman–Crippen MR) is 103 cm³/mol. The summed E-state index contributed by atoms with van der Waals surface area (Å²) in [6.45, 7) is -0.273. The highest BCUT2D eigenvalue weighted by Crippen LogP contribution is 2.31. The van der Waals surface area contributed by atoms with E-state index in [1.807, 2.05) is 0 Å². The van der Waals surface area contributed by atoms with Crippen molar-refractivity contribution in [2.75, 3.05) is 11.5 Å². The fourth-order valence-electron chi connectivity index (χ4n) is 2.37. The van der Waals surface area contributed by atoms with Crippen molar-refractivity contribution in [3.63, 3.8) is 0 Å². The maximum absolute atomic E-state index is 12.1. The van der Waals surface area contributed by atoms with Gasteiger partial charge < -0.3 is 15.5 Å². The van der Waals surface area contributed by atoms with Gasteiger partial charge in [0.2, 0.25) is 5.91 Å². The monoisotopic (exact) mass is 458 g/mol. The average molecular weight is 459 g/mol. The molecule has 0 aliphatic carbocycles. The first-order chi connectivity index (χ1) is 13.9. The predicted octanol–water partition coefficient (Wildman–Crippen LogP) is -0.899. The number of carboxylic acids is 2. The van der Waals surface area contributed by atoms with Crippen LogP contribution in [-0.4, -0.2) is 87.1 Å². The number of carboxylic acid groups (broad SMARTS) is 2. The molecule has 1 unspecified atom stereocenters. The van der Waals surface area contributed by atoms with Gasteiger partial charge in [-0.2, -0.15) is 0 Å². The molecule has 3 atom stereocenters. The first-order valence-corrected chi connectivity index (χ1v) is 10.9. The smallest absolute Gasteiger partial charge is 0.350 e. The van der Waals surface area contributed by atoms with Crippen LogP contribution >= 0.6 is 34.9 Å². The van der Waals surface area contributed by atoms with Crippen molar-refractivity contribution in [1.82, 2.24) is 35.7 Å². The molecular formula is C13H14N8O5S3. The molecule has 1 aliphatic rings. The van der Waals surface area contributed by atoms with Crippen LogP contribution < -0.4 is 5.32 Å². The number of amides is 1. The van der Waals surface area contributed by atoms with Crippen LogP contribution in [0, 0.1) is 5.92 Å². The van der Waals surface area contributed by atoms with Crippen molar-refractivity contribution in [2.45, 2.75) is 22.3 Å². The van der Waals surface area contributed by atoms with Gasteiger partial charge >= 0.3 is 11.9 Å². The first kappa shape index (κ1) is 21.1. The third-order valence-corrected chi connectivity index (χ3v) is 6.99. The van der Waals surface area contributed by atoms with Crippen LogP contribution in [-0.2, 0) is 20.9 Å². The first-order valence-electron chi connectivity index (χ1n) is 7.98. The molecule has 3 rings (SSSR count). The number of carbonyl (C=O) groups excluding carboxylic acids is 1. The van der Waals surface area contributed by atoms with Gasteiger partial charge in [0, 0.05) is 17.4 Å². The molecule has 0 spiro atoms. The number of thioether (sulfide) groups is 2. The number of aliphatic carboxylic acids is 2. The second-order valence-corrected chi connectivity index (χ2v) is 8.90. The lowest BCUT2D eigenvalue weighted by molar-refractivity contribution is -0.142. The van der Waals surface area contributed by atoms with E-state index in [4.69, 9.17) is 0 Å². The second kappa shape index (κ2) is 9.75. The molecule has 3 N–H and O–H groups in total. The van der Waals surface area contributed by atoms with Gasteiger partial charge in [0.15, 0.2) is 10.4 Å². The highest BCUT2D eigenvalue weighted by Gasteiger charge is 2.37. The van der Waals surface area contributed by atoms with Crippen molar-refractivity contribution in [3.05, 3.63) is 11.8 Å². The molecule has 154 valence electrons. The summed E-state index contributed by atoms with van der Waals surface area (Å²) >= 11 is 3.88. The zero-order valence-corrected chi connectivity index (χ0v) is 16.9. The van der Waals surface area contributed by atoms with Gasteiger partial charge in [0.25, 0.3) is 0 Å². The Morgan fingerprint density at radius 2 is 2.17 bits per heavy atom. The third kappa shape index (κ3) is 5.70. The molecule has 29 heavy (non-hydrogen) atoms. The molecule has 13 nitrogen and oxygen atoms in total. The molecule has 0 aromatic carbocycles. The van der Waals surface area contributed by atoms with E-state index in [1.165, 1.54) is 41.2 Å². The molecule has 0 bridgehead atoms. The van der Waals surface area contributed by atoms with Gasteiger partial charge in [-0.25, -0.2) is 14.3 Å². The molecule has 2 aromatic heterocycles. The SMILES string of the molecule is O=C(Cn1cnnn1)N[C@H](C(=O)O)[C@@H]1N=C(C(=O)O)C(CSc2nncs2)CS1. The Morgan fingerprint density at radius 3 is 2.79 bits per heavy atom. The van der Waals surface area contributed by atoms with Crippen LogP contribution in [0.3, 0.4) is 0 Å². The summed E-state index contributed by atoms with van der Waals surface area (Å²) in [6.07, 6.45) is 1.21. The standard InChI is InChI=1S/C13H14N8O5S3/c22-7(1-21-4-14-19-20-21)16-9(12(25)26)10-17-8(11(23)24)6(2-27-10)3-28-13-18-15-5-29-13/h4-6,9-10H,1-3H2,(H,16,22)(H,23,24)(H,25,26)/t6?,9-,10+/m0/s1. The maximum Gasteiger partial charge on any atom is 0.350 e. The van der Waals surface area contributed by atoms with Gasteiger partial charge in [-0.3, -0.25) is 9.79 Å². The molecule has 2 aromatic rings. The summed E-state index contributed by atoms with van der Waals surface area (Å²) in [5.74, 6) is -2.80. The van der Waals surface area contributed by atoms with Crippen molar-refractivity contribution in [3.8, 4) is 0 Å². The highest BCUT2D eigenvalue weighted by molar-refractivity contribution is 8.01.